The zero-order chi connectivity index (χ0) is 35.6. The highest BCUT2D eigenvalue weighted by Crippen LogP contribution is 2.65. The number of amides is 4. The van der Waals surface area contributed by atoms with E-state index in [1.165, 1.54) is 4.90 Å². The molecule has 4 amide bonds. The van der Waals surface area contributed by atoms with E-state index in [9.17, 15) is 24.6 Å². The van der Waals surface area contributed by atoms with Crippen molar-refractivity contribution in [3.05, 3.63) is 137 Å². The van der Waals surface area contributed by atoms with Crippen molar-refractivity contribution in [2.24, 2.45) is 23.7 Å². The Labute approximate surface area is 296 Å². The number of rotatable bonds is 7. The van der Waals surface area contributed by atoms with Crippen LogP contribution in [0, 0.1) is 37.5 Å². The van der Waals surface area contributed by atoms with Gasteiger partial charge in [-0.25, -0.2) is 0 Å². The number of nitrogens with zero attached hydrogens (tertiary/aromatic N) is 2. The molecule has 9 heteroatoms. The third-order valence-corrected chi connectivity index (χ3v) is 11.6. The average molecular weight is 682 g/mol. The molecule has 2 aliphatic carbocycles. The Morgan fingerprint density at radius 2 is 1.51 bits per heavy atom. The van der Waals surface area contributed by atoms with Crippen LogP contribution in [-0.2, 0) is 31.0 Å². The number of likely N-dealkylation sites (tertiary alicyclic amines) is 1. The van der Waals surface area contributed by atoms with E-state index in [0.29, 0.717) is 35.2 Å². The summed E-state index contributed by atoms with van der Waals surface area (Å²) in [6, 6.07) is 28.9. The van der Waals surface area contributed by atoms with E-state index in [0.717, 1.165) is 21.7 Å². The van der Waals surface area contributed by atoms with Crippen molar-refractivity contribution >= 4 is 29.3 Å². The molecule has 4 aromatic carbocycles. The summed E-state index contributed by atoms with van der Waals surface area (Å²) in [5.74, 6) is -4.66. The molecule has 0 spiro atoms. The summed E-state index contributed by atoms with van der Waals surface area (Å²) in [5, 5.41) is 22.6. The molecule has 8 rings (SSSR count). The lowest BCUT2D eigenvalue weighted by Gasteiger charge is -2.50. The number of benzene rings is 4. The first-order valence-corrected chi connectivity index (χ1v) is 17.5. The van der Waals surface area contributed by atoms with Crippen LogP contribution in [-0.4, -0.2) is 50.3 Å². The van der Waals surface area contributed by atoms with Crippen LogP contribution in [0.15, 0.2) is 109 Å². The molecule has 2 aliphatic heterocycles. The molecule has 4 aromatic rings. The number of phenolic OH excluding ortho intramolecular Hbond substituents is 2. The van der Waals surface area contributed by atoms with Gasteiger partial charge in [-0.3, -0.25) is 29.5 Å². The number of hydrogen-bond acceptors (Lipinski definition) is 7. The van der Waals surface area contributed by atoms with Crippen molar-refractivity contribution in [1.82, 2.24) is 9.91 Å². The Balaban J connectivity index is 1.26. The highest BCUT2D eigenvalue weighted by atomic mass is 16.3. The van der Waals surface area contributed by atoms with E-state index in [1.807, 2.05) is 79.7 Å². The monoisotopic (exact) mass is 681 g/mol. The fourth-order valence-corrected chi connectivity index (χ4v) is 9.20. The second-order valence-electron chi connectivity index (χ2n) is 14.3. The Bertz CT molecular complexity index is 2090. The summed E-state index contributed by atoms with van der Waals surface area (Å²) in [6.45, 7) is 3.96. The maximum atomic E-state index is 15.2. The largest absolute Gasteiger partial charge is 0.508 e. The van der Waals surface area contributed by atoms with Crippen molar-refractivity contribution in [3.63, 3.8) is 0 Å². The average Bonchev–Trinajstić information content (AvgIpc) is 3.51. The van der Waals surface area contributed by atoms with Crippen molar-refractivity contribution in [2.75, 3.05) is 12.0 Å². The molecule has 2 heterocycles. The first-order valence-electron chi connectivity index (χ1n) is 17.5. The van der Waals surface area contributed by atoms with Crippen LogP contribution in [0.5, 0.6) is 11.5 Å². The minimum Gasteiger partial charge on any atom is -0.508 e. The number of para-hydroxylation sites is 1. The van der Waals surface area contributed by atoms with Gasteiger partial charge >= 0.3 is 0 Å². The van der Waals surface area contributed by atoms with Crippen LogP contribution in [0.4, 0.5) is 5.69 Å². The van der Waals surface area contributed by atoms with Crippen molar-refractivity contribution in [1.29, 1.82) is 0 Å². The molecule has 1 saturated carbocycles. The van der Waals surface area contributed by atoms with Gasteiger partial charge in [-0.1, -0.05) is 90.0 Å². The molecule has 3 N–H and O–H groups in total. The number of hydrazine groups is 1. The van der Waals surface area contributed by atoms with Crippen LogP contribution < -0.4 is 5.43 Å². The lowest BCUT2D eigenvalue weighted by atomic mass is 9.49. The van der Waals surface area contributed by atoms with E-state index in [-0.39, 0.29) is 36.3 Å². The number of anilines is 1. The minimum atomic E-state index is -1.44. The zero-order valence-electron chi connectivity index (χ0n) is 28.5. The van der Waals surface area contributed by atoms with Gasteiger partial charge in [0, 0.05) is 18.0 Å². The zero-order valence-corrected chi connectivity index (χ0v) is 28.5. The number of nitrogens with one attached hydrogen (secondary N) is 1. The minimum absolute atomic E-state index is 0.0368. The summed E-state index contributed by atoms with van der Waals surface area (Å²) in [5.41, 5.74) is 6.76. The fourth-order valence-electron chi connectivity index (χ4n) is 9.20. The van der Waals surface area contributed by atoms with Gasteiger partial charge in [0.25, 0.3) is 11.8 Å². The standard InChI is InChI=1S/C42H39N3O6/c1-24-11-15-28(16-12-24)43-45-39(49)34-23-33-30(19-20-31-35(33)40(50)44(38(31)48)22-21-26-13-17-29(46)18-14-26)36(32-10-6-7-25(2)37(32)47)42(34,41(45)51)27-8-4-3-5-9-27/h3-19,31,33-36,43,46-47H,20-23H2,1-2H3. The Morgan fingerprint density at radius 3 is 2.24 bits per heavy atom. The van der Waals surface area contributed by atoms with Crippen LogP contribution in [0.3, 0.4) is 0 Å². The molecule has 0 radical (unpaired) electrons. The summed E-state index contributed by atoms with van der Waals surface area (Å²) in [6.07, 6.45) is 2.94. The van der Waals surface area contributed by atoms with Crippen LogP contribution in [0.2, 0.25) is 0 Å². The van der Waals surface area contributed by atoms with Gasteiger partial charge in [0.05, 0.1) is 28.9 Å². The molecular weight excluding hydrogens is 642 g/mol. The number of aromatic hydroxyl groups is 2. The van der Waals surface area contributed by atoms with E-state index in [1.54, 1.807) is 37.3 Å². The molecule has 3 fully saturated rings. The molecule has 51 heavy (non-hydrogen) atoms. The molecule has 6 unspecified atom stereocenters. The number of allylic oxidation sites excluding steroid dienone is 2. The van der Waals surface area contributed by atoms with Crippen molar-refractivity contribution in [2.45, 2.75) is 44.4 Å². The molecule has 0 bridgehead atoms. The maximum absolute atomic E-state index is 15.2. The molecular formula is C42H39N3O6. The fraction of sp³-hybridized carbons (Fsp3) is 0.286. The number of aryl methyl sites for hydroxylation is 2. The third kappa shape index (κ3) is 4.97. The van der Waals surface area contributed by atoms with E-state index < -0.39 is 46.8 Å². The van der Waals surface area contributed by atoms with Gasteiger partial charge in [0.1, 0.15) is 11.5 Å². The van der Waals surface area contributed by atoms with Crippen LogP contribution in [0.1, 0.15) is 46.6 Å². The highest BCUT2D eigenvalue weighted by molar-refractivity contribution is 6.13. The Kier molecular flexibility index (Phi) is 7.81. The van der Waals surface area contributed by atoms with Crippen LogP contribution >= 0.6 is 0 Å². The Morgan fingerprint density at radius 1 is 0.784 bits per heavy atom. The smallest absolute Gasteiger partial charge is 0.260 e. The van der Waals surface area contributed by atoms with Crippen molar-refractivity contribution in [3.8, 4) is 11.5 Å². The van der Waals surface area contributed by atoms with Crippen LogP contribution in [0.25, 0.3) is 0 Å². The van der Waals surface area contributed by atoms with E-state index >= 15 is 4.79 Å². The number of carbonyl (C=O) groups excluding carboxylic acids is 4. The first kappa shape index (κ1) is 32.5. The normalized spacial score (nSPS) is 26.9. The molecule has 258 valence electrons. The SMILES string of the molecule is Cc1ccc(NN2C(=O)C3CC4C(=CCC5C(=O)N(CCc6ccc(O)cc6)C(=O)C54)C(c4cccc(C)c4O)C3(c3ccccc3)C2=O)cc1. The Hall–Kier alpha value is -5.70. The lowest BCUT2D eigenvalue weighted by Crippen LogP contribution is -2.53. The number of carbonyl (C=O) groups is 4. The molecule has 9 nitrogen and oxygen atoms in total. The maximum Gasteiger partial charge on any atom is 0.260 e. The van der Waals surface area contributed by atoms with Gasteiger partial charge in [0.2, 0.25) is 11.8 Å². The quantitative estimate of drug-likeness (QED) is 0.163. The highest BCUT2D eigenvalue weighted by Gasteiger charge is 2.70. The topological polar surface area (TPSA) is 127 Å². The third-order valence-electron chi connectivity index (χ3n) is 11.6. The number of imide groups is 2. The van der Waals surface area contributed by atoms with Gasteiger partial charge in [0.15, 0.2) is 0 Å². The summed E-state index contributed by atoms with van der Waals surface area (Å²) < 4.78 is 0. The second kappa shape index (κ2) is 12.3. The number of phenols is 2. The first-order chi connectivity index (χ1) is 24.6. The molecule has 4 aliphatic rings. The summed E-state index contributed by atoms with van der Waals surface area (Å²) >= 11 is 0. The van der Waals surface area contributed by atoms with Gasteiger partial charge in [-0.15, -0.1) is 0 Å². The molecule has 0 aromatic heterocycles. The van der Waals surface area contributed by atoms with Gasteiger partial charge in [-0.2, -0.15) is 5.01 Å². The molecule has 6 atom stereocenters. The van der Waals surface area contributed by atoms with E-state index in [2.05, 4.69) is 5.43 Å². The predicted molar refractivity (Wildman–Crippen MR) is 190 cm³/mol. The molecule has 2 saturated heterocycles. The number of fused-ring (bicyclic) bond motifs is 4. The van der Waals surface area contributed by atoms with Gasteiger partial charge in [-0.05, 0) is 80.0 Å². The van der Waals surface area contributed by atoms with Crippen molar-refractivity contribution < 1.29 is 29.4 Å². The predicted octanol–water partition coefficient (Wildman–Crippen LogP) is 5.94. The lowest BCUT2D eigenvalue weighted by molar-refractivity contribution is -0.141. The van der Waals surface area contributed by atoms with Gasteiger partial charge < -0.3 is 10.2 Å². The summed E-state index contributed by atoms with van der Waals surface area (Å²) in [7, 11) is 0. The van der Waals surface area contributed by atoms with E-state index in [4.69, 9.17) is 0 Å². The summed E-state index contributed by atoms with van der Waals surface area (Å²) in [4.78, 5) is 59.6. The second-order valence-corrected chi connectivity index (χ2v) is 14.3. The number of hydrogen-bond donors (Lipinski definition) is 3.